The molecule has 0 aliphatic carbocycles. The largest absolute Gasteiger partial charge is 0.349 e. The topological polar surface area (TPSA) is 46.9 Å². The Morgan fingerprint density at radius 3 is 2.38 bits per heavy atom. The minimum atomic E-state index is 0.000497. The van der Waals surface area contributed by atoms with E-state index in [9.17, 15) is 4.79 Å². The lowest BCUT2D eigenvalue weighted by Crippen LogP contribution is -2.28. The Morgan fingerprint density at radius 1 is 1.04 bits per heavy atom. The van der Waals surface area contributed by atoms with Crippen molar-refractivity contribution in [3.05, 3.63) is 30.1 Å². The van der Waals surface area contributed by atoms with Gasteiger partial charge in [0.05, 0.1) is 17.6 Å². The molecule has 144 valence electrons. The maximum atomic E-state index is 11.9. The summed E-state index contributed by atoms with van der Waals surface area (Å²) in [6, 6.07) is 8.26. The van der Waals surface area contributed by atoms with Crippen LogP contribution in [0.4, 0.5) is 0 Å². The van der Waals surface area contributed by atoms with Gasteiger partial charge in [0.2, 0.25) is 5.91 Å². The van der Waals surface area contributed by atoms with E-state index in [-0.39, 0.29) is 11.8 Å². The molecule has 0 fully saturated rings. The molecule has 0 aliphatic heterocycles. The van der Waals surface area contributed by atoms with Crippen LogP contribution in [0.2, 0.25) is 0 Å². The van der Waals surface area contributed by atoms with E-state index in [2.05, 4.69) is 28.9 Å². The molecule has 4 heteroatoms. The number of carbonyl (C=O) groups is 1. The number of amides is 1. The number of carbonyl (C=O) groups excluding carboxylic acids is 1. The van der Waals surface area contributed by atoms with Gasteiger partial charge in [0.15, 0.2) is 0 Å². The summed E-state index contributed by atoms with van der Waals surface area (Å²) in [6.07, 6.45) is 10.5. The van der Waals surface area contributed by atoms with Gasteiger partial charge >= 0.3 is 0 Å². The number of aryl methyl sites for hydroxylation is 1. The predicted octanol–water partition coefficient (Wildman–Crippen LogP) is 5.45. The summed E-state index contributed by atoms with van der Waals surface area (Å²) in [7, 11) is 0. The molecule has 0 saturated carbocycles. The highest BCUT2D eigenvalue weighted by atomic mass is 16.1. The van der Waals surface area contributed by atoms with Crippen molar-refractivity contribution in [2.45, 2.75) is 85.2 Å². The van der Waals surface area contributed by atoms with Gasteiger partial charge in [-0.1, -0.05) is 77.8 Å². The van der Waals surface area contributed by atoms with Crippen LogP contribution in [0.5, 0.6) is 0 Å². The summed E-state index contributed by atoms with van der Waals surface area (Å²) in [6.45, 7) is 7.57. The monoisotopic (exact) mass is 357 g/mol. The summed E-state index contributed by atoms with van der Waals surface area (Å²) < 4.78 is 2.28. The smallest absolute Gasteiger partial charge is 0.222 e. The molecule has 1 amide bonds. The zero-order valence-electron chi connectivity index (χ0n) is 16.8. The van der Waals surface area contributed by atoms with Crippen molar-refractivity contribution in [2.24, 2.45) is 5.92 Å². The van der Waals surface area contributed by atoms with Gasteiger partial charge in [0, 0.05) is 12.5 Å². The van der Waals surface area contributed by atoms with Gasteiger partial charge in [-0.15, -0.1) is 0 Å². The number of benzene rings is 1. The summed E-state index contributed by atoms with van der Waals surface area (Å²) in [5.74, 6) is 1.04. The van der Waals surface area contributed by atoms with E-state index >= 15 is 0 Å². The molecule has 2 rings (SSSR count). The minimum Gasteiger partial charge on any atom is -0.349 e. The maximum absolute atomic E-state index is 11.9. The fourth-order valence-electron chi connectivity index (χ4n) is 3.28. The highest BCUT2D eigenvalue weighted by molar-refractivity contribution is 5.78. The summed E-state index contributed by atoms with van der Waals surface area (Å²) in [4.78, 5) is 16.6. The maximum Gasteiger partial charge on any atom is 0.222 e. The Bertz CT molecular complexity index is 675. The van der Waals surface area contributed by atoms with Crippen molar-refractivity contribution in [3.63, 3.8) is 0 Å². The van der Waals surface area contributed by atoms with Crippen LogP contribution in [0.15, 0.2) is 24.3 Å². The molecule has 0 bridgehead atoms. The second-order valence-corrected chi connectivity index (χ2v) is 7.52. The second-order valence-electron chi connectivity index (χ2n) is 7.52. The summed E-state index contributed by atoms with van der Waals surface area (Å²) in [5.41, 5.74) is 2.19. The summed E-state index contributed by atoms with van der Waals surface area (Å²) >= 11 is 0. The Balaban J connectivity index is 1.90. The van der Waals surface area contributed by atoms with Crippen LogP contribution in [0, 0.1) is 5.92 Å². The Morgan fingerprint density at radius 2 is 1.69 bits per heavy atom. The van der Waals surface area contributed by atoms with Gasteiger partial charge in [-0.3, -0.25) is 4.79 Å². The zero-order chi connectivity index (χ0) is 18.8. The van der Waals surface area contributed by atoms with Crippen molar-refractivity contribution in [2.75, 3.05) is 0 Å². The van der Waals surface area contributed by atoms with E-state index in [1.807, 2.05) is 26.0 Å². The Hall–Kier alpha value is -1.84. The standard InChI is InChI=1S/C22H35N3O/c1-4-5-6-7-8-9-10-13-16-25-20-15-12-11-14-19(20)24-21(25)17-23-22(26)18(2)3/h11-12,14-15,18H,4-10,13,16-17H2,1-3H3,(H,23,26). The molecule has 4 nitrogen and oxygen atoms in total. The first-order chi connectivity index (χ1) is 12.6. The van der Waals surface area contributed by atoms with Gasteiger partial charge in [-0.2, -0.15) is 0 Å². The number of fused-ring (bicyclic) bond motifs is 1. The van der Waals surface area contributed by atoms with Crippen molar-refractivity contribution in [3.8, 4) is 0 Å². The fourth-order valence-corrected chi connectivity index (χ4v) is 3.28. The average Bonchev–Trinajstić information content (AvgIpc) is 2.99. The molecule has 0 saturated heterocycles. The lowest BCUT2D eigenvalue weighted by atomic mass is 10.1. The normalized spacial score (nSPS) is 11.4. The number of hydrogen-bond acceptors (Lipinski definition) is 2. The van der Waals surface area contributed by atoms with E-state index in [1.54, 1.807) is 0 Å². The number of hydrogen-bond donors (Lipinski definition) is 1. The number of unbranched alkanes of at least 4 members (excludes halogenated alkanes) is 7. The summed E-state index contributed by atoms with van der Waals surface area (Å²) in [5, 5.41) is 3.01. The molecule has 0 radical (unpaired) electrons. The lowest BCUT2D eigenvalue weighted by Gasteiger charge is -2.11. The molecule has 26 heavy (non-hydrogen) atoms. The fraction of sp³-hybridized carbons (Fsp3) is 0.636. The first kappa shape index (κ1) is 20.5. The molecule has 2 aromatic rings. The number of rotatable bonds is 12. The second kappa shape index (κ2) is 11.0. The van der Waals surface area contributed by atoms with E-state index < -0.39 is 0 Å². The Labute approximate surface area is 158 Å². The average molecular weight is 358 g/mol. The number of nitrogens with one attached hydrogen (secondary N) is 1. The van der Waals surface area contributed by atoms with Crippen LogP contribution < -0.4 is 5.32 Å². The van der Waals surface area contributed by atoms with Gasteiger partial charge in [0.25, 0.3) is 0 Å². The van der Waals surface area contributed by atoms with E-state index in [0.717, 1.165) is 17.9 Å². The van der Waals surface area contributed by atoms with Gasteiger partial charge in [0.1, 0.15) is 5.82 Å². The molecular formula is C22H35N3O. The lowest BCUT2D eigenvalue weighted by molar-refractivity contribution is -0.124. The molecule has 1 aromatic carbocycles. The highest BCUT2D eigenvalue weighted by Gasteiger charge is 2.12. The van der Waals surface area contributed by atoms with Crippen LogP contribution in [0.1, 0.15) is 78.0 Å². The van der Waals surface area contributed by atoms with Crippen molar-refractivity contribution >= 4 is 16.9 Å². The molecule has 0 atom stereocenters. The predicted molar refractivity (Wildman–Crippen MR) is 109 cm³/mol. The minimum absolute atomic E-state index is 0.000497. The first-order valence-corrected chi connectivity index (χ1v) is 10.3. The van der Waals surface area contributed by atoms with E-state index in [1.165, 1.54) is 56.9 Å². The number of nitrogens with zero attached hydrogens (tertiary/aromatic N) is 2. The molecular weight excluding hydrogens is 322 g/mol. The zero-order valence-corrected chi connectivity index (χ0v) is 16.8. The third kappa shape index (κ3) is 6.15. The molecule has 1 N–H and O–H groups in total. The van der Waals surface area contributed by atoms with E-state index in [4.69, 9.17) is 4.98 Å². The number of imidazole rings is 1. The van der Waals surface area contributed by atoms with E-state index in [0.29, 0.717) is 6.54 Å². The SMILES string of the molecule is CCCCCCCCCCn1c(CNC(=O)C(C)C)nc2ccccc21. The highest BCUT2D eigenvalue weighted by Crippen LogP contribution is 2.18. The molecule has 1 aromatic heterocycles. The third-order valence-corrected chi connectivity index (χ3v) is 4.91. The van der Waals surface area contributed by atoms with Crippen LogP contribution in [-0.2, 0) is 17.9 Å². The molecule has 0 unspecified atom stereocenters. The molecule has 0 aliphatic rings. The number of aromatic nitrogens is 2. The Kier molecular flexibility index (Phi) is 8.66. The van der Waals surface area contributed by atoms with Crippen LogP contribution >= 0.6 is 0 Å². The van der Waals surface area contributed by atoms with Gasteiger partial charge in [-0.05, 0) is 18.6 Å². The third-order valence-electron chi connectivity index (χ3n) is 4.91. The van der Waals surface area contributed by atoms with Gasteiger partial charge in [-0.25, -0.2) is 4.98 Å². The molecule has 1 heterocycles. The first-order valence-electron chi connectivity index (χ1n) is 10.3. The molecule has 0 spiro atoms. The van der Waals surface area contributed by atoms with Crippen molar-refractivity contribution in [1.82, 2.24) is 14.9 Å². The van der Waals surface area contributed by atoms with Gasteiger partial charge < -0.3 is 9.88 Å². The van der Waals surface area contributed by atoms with Crippen LogP contribution in [0.3, 0.4) is 0 Å². The van der Waals surface area contributed by atoms with Crippen LogP contribution in [-0.4, -0.2) is 15.5 Å². The van der Waals surface area contributed by atoms with Crippen LogP contribution in [0.25, 0.3) is 11.0 Å². The van der Waals surface area contributed by atoms with Crippen molar-refractivity contribution in [1.29, 1.82) is 0 Å². The van der Waals surface area contributed by atoms with Crippen molar-refractivity contribution < 1.29 is 4.79 Å². The quantitative estimate of drug-likeness (QED) is 0.513. The number of para-hydroxylation sites is 2.